The minimum Gasteiger partial charge on any atom is -0.293 e. The van der Waals surface area contributed by atoms with E-state index in [1.54, 1.807) is 12.1 Å². The number of ketones is 1. The van der Waals surface area contributed by atoms with Crippen LogP contribution in [-0.4, -0.2) is 16.5 Å². The number of Topliss-reactive ketones (excluding diaryl/α,β-unsaturated/α-hetero) is 1. The van der Waals surface area contributed by atoms with Crippen LogP contribution in [0.1, 0.15) is 15.9 Å². The highest BCUT2D eigenvalue weighted by Gasteiger charge is 2.12. The number of nitrogens with zero attached hydrogens (tertiary/aromatic N) is 1. The van der Waals surface area contributed by atoms with E-state index in [2.05, 4.69) is 4.98 Å². The SMILES string of the molecule is Cc1cc(SCC(=O)c2ccccc2F)nc2ccccc12. The number of para-hydroxylation sites is 1. The van der Waals surface area contributed by atoms with Gasteiger partial charge in [-0.2, -0.15) is 0 Å². The molecule has 1 aromatic heterocycles. The number of aromatic nitrogens is 1. The normalized spacial score (nSPS) is 10.8. The van der Waals surface area contributed by atoms with Crippen molar-refractivity contribution in [1.82, 2.24) is 4.98 Å². The minimum atomic E-state index is -0.476. The van der Waals surface area contributed by atoms with Crippen molar-refractivity contribution in [3.05, 3.63) is 71.5 Å². The molecule has 0 fully saturated rings. The van der Waals surface area contributed by atoms with Gasteiger partial charge in [0.25, 0.3) is 0 Å². The molecular weight excluding hydrogens is 297 g/mol. The Bertz CT molecular complexity index is 847. The van der Waals surface area contributed by atoms with Gasteiger partial charge in [0.15, 0.2) is 5.78 Å². The van der Waals surface area contributed by atoms with E-state index in [4.69, 9.17) is 0 Å². The average Bonchev–Trinajstić information content (AvgIpc) is 2.53. The molecule has 2 nitrogen and oxygen atoms in total. The summed E-state index contributed by atoms with van der Waals surface area (Å²) in [4.78, 5) is 16.6. The third-order valence-corrected chi connectivity index (χ3v) is 4.34. The maximum Gasteiger partial charge on any atom is 0.176 e. The Kier molecular flexibility index (Phi) is 4.20. The van der Waals surface area contributed by atoms with Crippen molar-refractivity contribution in [3.8, 4) is 0 Å². The number of rotatable bonds is 4. The van der Waals surface area contributed by atoms with Crippen LogP contribution < -0.4 is 0 Å². The van der Waals surface area contributed by atoms with Crippen molar-refractivity contribution in [1.29, 1.82) is 0 Å². The fourth-order valence-electron chi connectivity index (χ4n) is 2.30. The van der Waals surface area contributed by atoms with E-state index < -0.39 is 5.82 Å². The second-order valence-corrected chi connectivity index (χ2v) is 5.98. The van der Waals surface area contributed by atoms with E-state index in [9.17, 15) is 9.18 Å². The van der Waals surface area contributed by atoms with Gasteiger partial charge in [-0.1, -0.05) is 42.1 Å². The number of halogens is 1. The van der Waals surface area contributed by atoms with Gasteiger partial charge in [0, 0.05) is 5.39 Å². The van der Waals surface area contributed by atoms with Crippen LogP contribution >= 0.6 is 11.8 Å². The lowest BCUT2D eigenvalue weighted by molar-refractivity contribution is 0.101. The Hall–Kier alpha value is -2.20. The number of hydrogen-bond donors (Lipinski definition) is 0. The van der Waals surface area contributed by atoms with Crippen molar-refractivity contribution in [2.75, 3.05) is 5.75 Å². The summed E-state index contributed by atoms with van der Waals surface area (Å²) in [6.45, 7) is 2.02. The first-order valence-corrected chi connectivity index (χ1v) is 7.90. The van der Waals surface area contributed by atoms with Gasteiger partial charge in [-0.15, -0.1) is 0 Å². The fraction of sp³-hybridized carbons (Fsp3) is 0.111. The highest BCUT2D eigenvalue weighted by atomic mass is 32.2. The van der Waals surface area contributed by atoms with Crippen LogP contribution in [0.15, 0.2) is 59.6 Å². The van der Waals surface area contributed by atoms with Gasteiger partial charge >= 0.3 is 0 Å². The van der Waals surface area contributed by atoms with Gasteiger partial charge < -0.3 is 0 Å². The maximum absolute atomic E-state index is 13.6. The van der Waals surface area contributed by atoms with Crippen LogP contribution in [0.5, 0.6) is 0 Å². The van der Waals surface area contributed by atoms with Crippen LogP contribution in [-0.2, 0) is 0 Å². The molecule has 3 rings (SSSR count). The van der Waals surface area contributed by atoms with E-state index in [0.717, 1.165) is 21.5 Å². The second kappa shape index (κ2) is 6.28. The molecule has 0 amide bonds. The summed E-state index contributed by atoms with van der Waals surface area (Å²) in [5, 5.41) is 1.88. The number of hydrogen-bond acceptors (Lipinski definition) is 3. The van der Waals surface area contributed by atoms with E-state index in [1.165, 1.54) is 23.9 Å². The van der Waals surface area contributed by atoms with Gasteiger partial charge in [-0.25, -0.2) is 9.37 Å². The lowest BCUT2D eigenvalue weighted by atomic mass is 10.1. The first kappa shape index (κ1) is 14.7. The van der Waals surface area contributed by atoms with Gasteiger partial charge in [0.1, 0.15) is 5.82 Å². The van der Waals surface area contributed by atoms with Crippen LogP contribution in [0.2, 0.25) is 0 Å². The van der Waals surface area contributed by atoms with Gasteiger partial charge in [-0.3, -0.25) is 4.79 Å². The summed E-state index contributed by atoms with van der Waals surface area (Å²) in [5.41, 5.74) is 2.15. The molecular formula is C18H14FNOS. The first-order valence-electron chi connectivity index (χ1n) is 6.92. The zero-order chi connectivity index (χ0) is 15.5. The van der Waals surface area contributed by atoms with Crippen LogP contribution in [0.4, 0.5) is 4.39 Å². The van der Waals surface area contributed by atoms with Gasteiger partial charge in [0.2, 0.25) is 0 Å². The molecule has 0 aliphatic rings. The largest absolute Gasteiger partial charge is 0.293 e. The monoisotopic (exact) mass is 311 g/mol. The van der Waals surface area contributed by atoms with E-state index in [0.29, 0.717) is 0 Å². The van der Waals surface area contributed by atoms with Gasteiger partial charge in [-0.05, 0) is 36.8 Å². The van der Waals surface area contributed by atoms with Crippen molar-refractivity contribution >= 4 is 28.4 Å². The zero-order valence-corrected chi connectivity index (χ0v) is 12.9. The third-order valence-electron chi connectivity index (χ3n) is 3.42. The Morgan fingerprint density at radius 1 is 1.14 bits per heavy atom. The quantitative estimate of drug-likeness (QED) is 0.518. The van der Waals surface area contributed by atoms with Crippen molar-refractivity contribution in [2.45, 2.75) is 11.9 Å². The summed E-state index contributed by atoms with van der Waals surface area (Å²) < 4.78 is 13.6. The molecule has 0 saturated heterocycles. The molecule has 0 aliphatic heterocycles. The molecule has 22 heavy (non-hydrogen) atoms. The first-order chi connectivity index (χ1) is 10.6. The number of benzene rings is 2. The van der Waals surface area contributed by atoms with Gasteiger partial charge in [0.05, 0.1) is 21.9 Å². The Morgan fingerprint density at radius 2 is 1.86 bits per heavy atom. The molecule has 0 aliphatic carbocycles. The molecule has 0 N–H and O–H groups in total. The second-order valence-electron chi connectivity index (χ2n) is 4.99. The molecule has 0 atom stereocenters. The van der Waals surface area contributed by atoms with Crippen LogP contribution in [0, 0.1) is 12.7 Å². The summed E-state index contributed by atoms with van der Waals surface area (Å²) in [5.74, 6) is -0.530. The average molecular weight is 311 g/mol. The number of thioether (sulfide) groups is 1. The molecule has 110 valence electrons. The smallest absolute Gasteiger partial charge is 0.176 e. The number of fused-ring (bicyclic) bond motifs is 1. The summed E-state index contributed by atoms with van der Waals surface area (Å²) >= 11 is 1.33. The van der Waals surface area contributed by atoms with E-state index in [1.807, 2.05) is 37.3 Å². The van der Waals surface area contributed by atoms with E-state index >= 15 is 0 Å². The summed E-state index contributed by atoms with van der Waals surface area (Å²) in [6.07, 6.45) is 0. The molecule has 0 bridgehead atoms. The van der Waals surface area contributed by atoms with Crippen LogP contribution in [0.25, 0.3) is 10.9 Å². The number of carbonyl (C=O) groups excluding carboxylic acids is 1. The highest BCUT2D eigenvalue weighted by molar-refractivity contribution is 7.99. The predicted octanol–water partition coefficient (Wildman–Crippen LogP) is 4.66. The molecule has 0 spiro atoms. The molecule has 1 heterocycles. The molecule has 2 aromatic carbocycles. The lowest BCUT2D eigenvalue weighted by Crippen LogP contribution is -2.05. The number of carbonyl (C=O) groups is 1. The Balaban J connectivity index is 1.79. The van der Waals surface area contributed by atoms with Crippen molar-refractivity contribution in [2.24, 2.45) is 0 Å². The summed E-state index contributed by atoms with van der Waals surface area (Å²) in [6, 6.07) is 15.9. The third kappa shape index (κ3) is 3.02. The van der Waals surface area contributed by atoms with E-state index in [-0.39, 0.29) is 17.1 Å². The maximum atomic E-state index is 13.6. The predicted molar refractivity (Wildman–Crippen MR) is 87.9 cm³/mol. The zero-order valence-electron chi connectivity index (χ0n) is 12.0. The minimum absolute atomic E-state index is 0.132. The Labute approximate surface area is 132 Å². The summed E-state index contributed by atoms with van der Waals surface area (Å²) in [7, 11) is 0. The molecule has 0 radical (unpaired) electrons. The molecule has 3 aromatic rings. The Morgan fingerprint density at radius 3 is 2.68 bits per heavy atom. The topological polar surface area (TPSA) is 30.0 Å². The highest BCUT2D eigenvalue weighted by Crippen LogP contribution is 2.24. The standard InChI is InChI=1S/C18H14FNOS/c1-12-10-18(20-16-9-5-3-6-13(12)16)22-11-17(21)14-7-2-4-8-15(14)19/h2-10H,11H2,1H3. The molecule has 0 saturated carbocycles. The van der Waals surface area contributed by atoms with Crippen molar-refractivity contribution in [3.63, 3.8) is 0 Å². The fourth-order valence-corrected chi connectivity index (χ4v) is 3.15. The van der Waals surface area contributed by atoms with Crippen LogP contribution in [0.3, 0.4) is 0 Å². The number of aryl methyl sites for hydroxylation is 1. The molecule has 0 unspecified atom stereocenters. The molecule has 4 heteroatoms. The lowest BCUT2D eigenvalue weighted by Gasteiger charge is -2.06. The number of pyridine rings is 1. The van der Waals surface area contributed by atoms with Crippen molar-refractivity contribution < 1.29 is 9.18 Å².